The van der Waals surface area contributed by atoms with Crippen LogP contribution in [0.2, 0.25) is 0 Å². The van der Waals surface area contributed by atoms with Crippen LogP contribution in [-0.4, -0.2) is 50.5 Å². The lowest BCUT2D eigenvalue weighted by Gasteiger charge is -2.33. The molecule has 1 aromatic carbocycles. The lowest BCUT2D eigenvalue weighted by molar-refractivity contribution is 0.0988. The highest BCUT2D eigenvalue weighted by atomic mass is 32.2. The summed E-state index contributed by atoms with van der Waals surface area (Å²) in [6.07, 6.45) is 3.66. The Hall–Kier alpha value is -1.84. The number of carbonyl (C=O) groups excluding carboxylic acids is 1. The number of Topliss-reactive ketones (excluding diaryl/α,β-unsaturated/α-hetero) is 1. The van der Waals surface area contributed by atoms with E-state index in [0.717, 1.165) is 0 Å². The molecular formula is C17H21N3O4S2. The molecule has 2 aromatic rings. The summed E-state index contributed by atoms with van der Waals surface area (Å²) in [5.74, 6) is 0.424. The van der Waals surface area contributed by atoms with E-state index < -0.39 is 26.9 Å². The van der Waals surface area contributed by atoms with Gasteiger partial charge in [-0.15, -0.1) is 0 Å². The number of hydrogen-bond acceptors (Lipinski definition) is 5. The summed E-state index contributed by atoms with van der Waals surface area (Å²) in [7, 11) is -3.16. The van der Waals surface area contributed by atoms with Gasteiger partial charge in [0, 0.05) is 59.6 Å². The van der Waals surface area contributed by atoms with Crippen molar-refractivity contribution in [2.24, 2.45) is 7.05 Å². The van der Waals surface area contributed by atoms with Crippen molar-refractivity contribution in [3.63, 3.8) is 0 Å². The van der Waals surface area contributed by atoms with E-state index in [4.69, 9.17) is 0 Å². The summed E-state index contributed by atoms with van der Waals surface area (Å²) in [6.45, 7) is 1.91. The van der Waals surface area contributed by atoms with Crippen LogP contribution in [0.15, 0.2) is 41.6 Å². The van der Waals surface area contributed by atoms with Crippen molar-refractivity contribution in [1.29, 1.82) is 0 Å². The van der Waals surface area contributed by atoms with Crippen LogP contribution in [0.5, 0.6) is 0 Å². The first-order valence-electron chi connectivity index (χ1n) is 8.31. The zero-order valence-corrected chi connectivity index (χ0v) is 16.3. The highest BCUT2D eigenvalue weighted by Gasteiger charge is 2.37. The number of sulfonamides is 1. The average molecular weight is 396 g/mol. The third-order valence-corrected chi connectivity index (χ3v) is 7.65. The molecule has 140 valence electrons. The monoisotopic (exact) mass is 395 g/mol. The van der Waals surface area contributed by atoms with Crippen LogP contribution >= 0.6 is 0 Å². The number of ketones is 1. The Kier molecular flexibility index (Phi) is 5.40. The second-order valence-electron chi connectivity index (χ2n) is 6.19. The predicted octanol–water partition coefficient (Wildman–Crippen LogP) is 1.51. The minimum atomic E-state index is -3.83. The van der Waals surface area contributed by atoms with Crippen molar-refractivity contribution in [3.8, 4) is 0 Å². The second-order valence-corrected chi connectivity index (χ2v) is 9.71. The Morgan fingerprint density at radius 2 is 2.15 bits per heavy atom. The molecule has 0 spiro atoms. The largest absolute Gasteiger partial charge is 0.294 e. The minimum absolute atomic E-state index is 0.0818. The smallest absolute Gasteiger partial charge is 0.243 e. The van der Waals surface area contributed by atoms with E-state index in [9.17, 15) is 17.4 Å². The van der Waals surface area contributed by atoms with Gasteiger partial charge in [0.15, 0.2) is 5.78 Å². The Bertz CT molecular complexity index is 952. The van der Waals surface area contributed by atoms with Crippen LogP contribution in [0.3, 0.4) is 0 Å². The van der Waals surface area contributed by atoms with Crippen molar-refractivity contribution in [2.45, 2.75) is 24.3 Å². The van der Waals surface area contributed by atoms with Crippen LogP contribution in [0.4, 0.5) is 0 Å². The Morgan fingerprint density at radius 1 is 1.38 bits per heavy atom. The van der Waals surface area contributed by atoms with Gasteiger partial charge in [-0.05, 0) is 12.1 Å². The molecule has 2 atom stereocenters. The van der Waals surface area contributed by atoms with E-state index >= 15 is 0 Å². The fraction of sp³-hybridized carbons (Fsp3) is 0.412. The molecule has 7 nitrogen and oxygen atoms in total. The molecular weight excluding hydrogens is 374 g/mol. The SMILES string of the molecule is CCC(=O)c1cccc(S(=O)(=O)N2CC[S@@](=O)C[C@@H]2c2cnn(C)c2)c1. The van der Waals surface area contributed by atoms with Gasteiger partial charge in [-0.25, -0.2) is 8.42 Å². The van der Waals surface area contributed by atoms with Crippen LogP contribution in [0, 0.1) is 0 Å². The maximum Gasteiger partial charge on any atom is 0.243 e. The molecule has 0 bridgehead atoms. The summed E-state index contributed by atoms with van der Waals surface area (Å²) >= 11 is 0. The van der Waals surface area contributed by atoms with E-state index in [0.29, 0.717) is 23.3 Å². The molecule has 2 heterocycles. The number of aromatic nitrogens is 2. The maximum absolute atomic E-state index is 13.2. The van der Waals surface area contributed by atoms with Gasteiger partial charge in [-0.3, -0.25) is 13.7 Å². The van der Waals surface area contributed by atoms with Crippen molar-refractivity contribution < 1.29 is 17.4 Å². The van der Waals surface area contributed by atoms with Crippen molar-refractivity contribution in [1.82, 2.24) is 14.1 Å². The van der Waals surface area contributed by atoms with Crippen molar-refractivity contribution in [2.75, 3.05) is 18.1 Å². The van der Waals surface area contributed by atoms with Gasteiger partial charge >= 0.3 is 0 Å². The summed E-state index contributed by atoms with van der Waals surface area (Å²) in [4.78, 5) is 12.0. The van der Waals surface area contributed by atoms with E-state index in [1.807, 2.05) is 0 Å². The highest BCUT2D eigenvalue weighted by Crippen LogP contribution is 2.31. The molecule has 0 unspecified atom stereocenters. The molecule has 1 aromatic heterocycles. The van der Waals surface area contributed by atoms with Gasteiger partial charge in [-0.1, -0.05) is 19.1 Å². The van der Waals surface area contributed by atoms with Crippen molar-refractivity contribution >= 4 is 26.6 Å². The summed E-state index contributed by atoms with van der Waals surface area (Å²) in [5, 5.41) is 4.11. The number of carbonyl (C=O) groups is 1. The molecule has 0 N–H and O–H groups in total. The van der Waals surface area contributed by atoms with Gasteiger partial charge in [0.1, 0.15) is 0 Å². The zero-order chi connectivity index (χ0) is 18.9. The number of rotatable bonds is 5. The van der Waals surface area contributed by atoms with Gasteiger partial charge in [-0.2, -0.15) is 9.40 Å². The first kappa shape index (κ1) is 18.9. The Labute approximate surface area is 155 Å². The van der Waals surface area contributed by atoms with E-state index in [1.165, 1.54) is 16.4 Å². The lowest BCUT2D eigenvalue weighted by atomic mass is 10.1. The molecule has 9 heteroatoms. The van der Waals surface area contributed by atoms with Gasteiger partial charge in [0.25, 0.3) is 0 Å². The van der Waals surface area contributed by atoms with Gasteiger partial charge in [0.2, 0.25) is 10.0 Å². The third-order valence-electron chi connectivity index (χ3n) is 4.42. The second kappa shape index (κ2) is 7.42. The lowest BCUT2D eigenvalue weighted by Crippen LogP contribution is -2.44. The third kappa shape index (κ3) is 3.65. The molecule has 0 radical (unpaired) electrons. The molecule has 1 saturated heterocycles. The molecule has 0 aliphatic carbocycles. The molecule has 3 rings (SSSR count). The van der Waals surface area contributed by atoms with Crippen LogP contribution in [-0.2, 0) is 27.9 Å². The number of hydrogen-bond donors (Lipinski definition) is 0. The normalized spacial score (nSPS) is 21.6. The number of benzene rings is 1. The van der Waals surface area contributed by atoms with E-state index in [-0.39, 0.29) is 23.0 Å². The first-order valence-corrected chi connectivity index (χ1v) is 11.2. The number of aryl methyl sites for hydroxylation is 1. The maximum atomic E-state index is 13.2. The van der Waals surface area contributed by atoms with E-state index in [2.05, 4.69) is 5.10 Å². The molecule has 0 saturated carbocycles. The Morgan fingerprint density at radius 3 is 2.81 bits per heavy atom. The van der Waals surface area contributed by atoms with Gasteiger partial charge < -0.3 is 0 Å². The van der Waals surface area contributed by atoms with Crippen molar-refractivity contribution in [3.05, 3.63) is 47.8 Å². The van der Waals surface area contributed by atoms with Crippen LogP contribution in [0.1, 0.15) is 35.3 Å². The predicted molar refractivity (Wildman–Crippen MR) is 98.8 cm³/mol. The first-order chi connectivity index (χ1) is 12.3. The Balaban J connectivity index is 2.01. The van der Waals surface area contributed by atoms with Crippen LogP contribution < -0.4 is 0 Å². The quantitative estimate of drug-likeness (QED) is 0.716. The standard InChI is InChI=1S/C17H21N3O4S2/c1-3-17(21)13-5-4-6-15(9-13)26(23,24)20-7-8-25(22)12-16(20)14-10-18-19(2)11-14/h4-6,9-11,16H,3,7-8,12H2,1-2H3/t16-,25-/m1/s1. The number of nitrogens with zero attached hydrogens (tertiary/aromatic N) is 3. The zero-order valence-electron chi connectivity index (χ0n) is 14.7. The highest BCUT2D eigenvalue weighted by molar-refractivity contribution is 7.89. The van der Waals surface area contributed by atoms with E-state index in [1.54, 1.807) is 43.2 Å². The molecule has 0 amide bonds. The summed E-state index contributed by atoms with van der Waals surface area (Å²) in [6, 6.07) is 5.58. The topological polar surface area (TPSA) is 89.3 Å². The minimum Gasteiger partial charge on any atom is -0.294 e. The van der Waals surface area contributed by atoms with Crippen LogP contribution in [0.25, 0.3) is 0 Å². The summed E-state index contributed by atoms with van der Waals surface area (Å²) < 4.78 is 41.5. The fourth-order valence-corrected chi connectivity index (χ4v) is 6.18. The molecule has 1 aliphatic heterocycles. The average Bonchev–Trinajstić information content (AvgIpc) is 3.07. The molecule has 26 heavy (non-hydrogen) atoms. The fourth-order valence-electron chi connectivity index (χ4n) is 3.02. The molecule has 1 fully saturated rings. The summed E-state index contributed by atoms with van der Waals surface area (Å²) in [5.41, 5.74) is 1.09. The molecule has 1 aliphatic rings. The van der Waals surface area contributed by atoms with Gasteiger partial charge in [0.05, 0.1) is 17.1 Å².